The molecule has 0 fully saturated rings. The second-order valence-electron chi connectivity index (χ2n) is 5.95. The molecule has 0 aliphatic carbocycles. The zero-order valence-electron chi connectivity index (χ0n) is 14.0. The Morgan fingerprint density at radius 2 is 1.92 bits per heavy atom. The molecule has 1 heterocycles. The van der Waals surface area contributed by atoms with Gasteiger partial charge >= 0.3 is 0 Å². The Balaban J connectivity index is 1.69. The Kier molecular flexibility index (Phi) is 4.19. The van der Waals surface area contributed by atoms with E-state index in [4.69, 9.17) is 16.0 Å². The number of benzene rings is 3. The van der Waals surface area contributed by atoms with E-state index in [9.17, 15) is 5.11 Å². The molecular weight excluding hydrogens is 348 g/mol. The zero-order valence-corrected chi connectivity index (χ0v) is 14.7. The number of phenolic OH excluding ortho intramolecular Hbond substituents is 1. The first-order chi connectivity index (χ1) is 12.6. The van der Waals surface area contributed by atoms with E-state index in [1.54, 1.807) is 24.4 Å². The van der Waals surface area contributed by atoms with E-state index in [1.165, 1.54) is 0 Å². The first-order valence-corrected chi connectivity index (χ1v) is 8.47. The molecule has 0 aliphatic rings. The quantitative estimate of drug-likeness (QED) is 0.460. The average molecular weight is 363 g/mol. The van der Waals surface area contributed by atoms with Crippen molar-refractivity contribution in [3.8, 4) is 17.2 Å². The van der Waals surface area contributed by atoms with Crippen LogP contribution in [0.25, 0.3) is 22.6 Å². The highest BCUT2D eigenvalue weighted by atomic mass is 35.5. The third-order valence-corrected chi connectivity index (χ3v) is 4.29. The molecule has 0 saturated carbocycles. The topological polar surface area (TPSA) is 58.6 Å². The van der Waals surface area contributed by atoms with E-state index in [2.05, 4.69) is 9.98 Å². The summed E-state index contributed by atoms with van der Waals surface area (Å²) >= 11 is 5.96. The SMILES string of the molecule is Cc1cccc2oc(-c3cccc(N=Cc4cc(Cl)ccc4O)c3)nc12. The number of nitrogens with zero attached hydrogens (tertiary/aromatic N) is 2. The number of oxazole rings is 1. The van der Waals surface area contributed by atoms with Crippen LogP contribution in [0.3, 0.4) is 0 Å². The largest absolute Gasteiger partial charge is 0.507 e. The van der Waals surface area contributed by atoms with Gasteiger partial charge in [0.05, 0.1) is 5.69 Å². The predicted molar refractivity (Wildman–Crippen MR) is 105 cm³/mol. The molecule has 4 rings (SSSR count). The first-order valence-electron chi connectivity index (χ1n) is 8.09. The van der Waals surface area contributed by atoms with Gasteiger partial charge in [-0.25, -0.2) is 4.98 Å². The predicted octanol–water partition coefficient (Wildman–Crippen LogP) is 5.91. The number of aliphatic imine (C=N–C) groups is 1. The van der Waals surface area contributed by atoms with Crippen LogP contribution in [0.4, 0.5) is 5.69 Å². The molecule has 26 heavy (non-hydrogen) atoms. The van der Waals surface area contributed by atoms with Crippen molar-refractivity contribution < 1.29 is 9.52 Å². The van der Waals surface area contributed by atoms with Crippen LogP contribution < -0.4 is 0 Å². The summed E-state index contributed by atoms with van der Waals surface area (Å²) in [6.45, 7) is 2.01. The van der Waals surface area contributed by atoms with Gasteiger partial charge < -0.3 is 9.52 Å². The average Bonchev–Trinajstić information content (AvgIpc) is 3.09. The molecule has 4 aromatic rings. The summed E-state index contributed by atoms with van der Waals surface area (Å²) in [5.74, 6) is 0.681. The number of aryl methyl sites for hydroxylation is 1. The summed E-state index contributed by atoms with van der Waals surface area (Å²) < 4.78 is 5.87. The van der Waals surface area contributed by atoms with Crippen molar-refractivity contribution in [3.63, 3.8) is 0 Å². The molecule has 1 N–H and O–H groups in total. The molecule has 1 aromatic heterocycles. The van der Waals surface area contributed by atoms with E-state index in [1.807, 2.05) is 49.4 Å². The molecule has 0 spiro atoms. The van der Waals surface area contributed by atoms with E-state index >= 15 is 0 Å². The second kappa shape index (κ2) is 6.65. The summed E-state index contributed by atoms with van der Waals surface area (Å²) in [5.41, 5.74) is 4.81. The van der Waals surface area contributed by atoms with Crippen LogP contribution in [0.5, 0.6) is 5.75 Å². The van der Waals surface area contributed by atoms with Crippen LogP contribution in [0, 0.1) is 6.92 Å². The van der Waals surface area contributed by atoms with Gasteiger partial charge in [-0.3, -0.25) is 4.99 Å². The van der Waals surface area contributed by atoms with Crippen LogP contribution in [0.1, 0.15) is 11.1 Å². The molecule has 0 unspecified atom stereocenters. The fraction of sp³-hybridized carbons (Fsp3) is 0.0476. The molecule has 3 aromatic carbocycles. The minimum absolute atomic E-state index is 0.128. The minimum atomic E-state index is 0.128. The van der Waals surface area contributed by atoms with Crippen LogP contribution in [-0.4, -0.2) is 16.3 Å². The van der Waals surface area contributed by atoms with Gasteiger partial charge in [-0.1, -0.05) is 29.8 Å². The lowest BCUT2D eigenvalue weighted by Crippen LogP contribution is -1.82. The Bertz CT molecular complexity index is 1130. The maximum atomic E-state index is 9.88. The van der Waals surface area contributed by atoms with Gasteiger partial charge in [0.15, 0.2) is 5.58 Å². The monoisotopic (exact) mass is 362 g/mol. The minimum Gasteiger partial charge on any atom is -0.507 e. The smallest absolute Gasteiger partial charge is 0.227 e. The van der Waals surface area contributed by atoms with E-state index in [0.29, 0.717) is 16.5 Å². The van der Waals surface area contributed by atoms with Crippen molar-refractivity contribution in [2.75, 3.05) is 0 Å². The lowest BCUT2D eigenvalue weighted by molar-refractivity contribution is 0.474. The highest BCUT2D eigenvalue weighted by Crippen LogP contribution is 2.28. The Morgan fingerprint density at radius 3 is 2.77 bits per heavy atom. The number of aromatic hydroxyl groups is 1. The number of para-hydroxylation sites is 1. The van der Waals surface area contributed by atoms with Crippen molar-refractivity contribution in [1.82, 2.24) is 4.98 Å². The lowest BCUT2D eigenvalue weighted by atomic mass is 10.2. The Morgan fingerprint density at radius 1 is 1.08 bits per heavy atom. The number of aromatic nitrogens is 1. The van der Waals surface area contributed by atoms with Crippen LogP contribution in [0.15, 0.2) is 70.1 Å². The highest BCUT2D eigenvalue weighted by molar-refractivity contribution is 6.30. The second-order valence-corrected chi connectivity index (χ2v) is 6.39. The normalized spacial score (nSPS) is 11.5. The summed E-state index contributed by atoms with van der Waals surface area (Å²) in [7, 11) is 0. The van der Waals surface area contributed by atoms with Gasteiger partial charge in [0, 0.05) is 22.4 Å². The maximum Gasteiger partial charge on any atom is 0.227 e. The van der Waals surface area contributed by atoms with Crippen molar-refractivity contribution >= 4 is 34.6 Å². The first kappa shape index (κ1) is 16.4. The molecule has 0 aliphatic heterocycles. The molecule has 0 saturated heterocycles. The van der Waals surface area contributed by atoms with Crippen molar-refractivity contribution in [1.29, 1.82) is 0 Å². The molecule has 0 atom stereocenters. The van der Waals surface area contributed by atoms with Gasteiger partial charge in [-0.15, -0.1) is 0 Å². The van der Waals surface area contributed by atoms with Gasteiger partial charge in [-0.2, -0.15) is 0 Å². The van der Waals surface area contributed by atoms with E-state index in [-0.39, 0.29) is 5.75 Å². The number of phenols is 1. The van der Waals surface area contributed by atoms with Crippen LogP contribution in [-0.2, 0) is 0 Å². The van der Waals surface area contributed by atoms with Crippen molar-refractivity contribution in [2.24, 2.45) is 4.99 Å². The molecule has 0 amide bonds. The summed E-state index contributed by atoms with van der Waals surface area (Å²) in [4.78, 5) is 9.01. The molecular formula is C21H15ClN2O2. The third-order valence-electron chi connectivity index (χ3n) is 4.06. The third kappa shape index (κ3) is 3.19. The standard InChI is InChI=1S/C21H15ClN2O2/c1-13-4-2-7-19-20(13)24-21(26-19)14-5-3-6-17(11-14)23-12-15-10-16(22)8-9-18(15)25/h2-12,25H,1H3. The number of fused-ring (bicyclic) bond motifs is 1. The Hall–Kier alpha value is -3.11. The van der Waals surface area contributed by atoms with E-state index < -0.39 is 0 Å². The molecule has 0 bridgehead atoms. The molecule has 4 nitrogen and oxygen atoms in total. The van der Waals surface area contributed by atoms with Crippen molar-refractivity contribution in [3.05, 3.63) is 76.8 Å². The number of hydrogen-bond acceptors (Lipinski definition) is 4. The highest BCUT2D eigenvalue weighted by Gasteiger charge is 2.10. The van der Waals surface area contributed by atoms with Crippen molar-refractivity contribution in [2.45, 2.75) is 6.92 Å². The fourth-order valence-corrected chi connectivity index (χ4v) is 2.88. The Labute approximate surface area is 155 Å². The van der Waals surface area contributed by atoms with Crippen LogP contribution in [0.2, 0.25) is 5.02 Å². The summed E-state index contributed by atoms with van der Waals surface area (Å²) in [6, 6.07) is 18.3. The zero-order chi connectivity index (χ0) is 18.1. The number of hydrogen-bond donors (Lipinski definition) is 1. The van der Waals surface area contributed by atoms with E-state index in [0.717, 1.165) is 27.9 Å². The molecule has 128 valence electrons. The summed E-state index contributed by atoms with van der Waals surface area (Å²) in [5, 5.41) is 10.4. The van der Waals surface area contributed by atoms with Gasteiger partial charge in [0.1, 0.15) is 11.3 Å². The summed E-state index contributed by atoms with van der Waals surface area (Å²) in [6.07, 6.45) is 1.58. The fourth-order valence-electron chi connectivity index (χ4n) is 2.70. The lowest BCUT2D eigenvalue weighted by Gasteiger charge is -2.00. The van der Waals surface area contributed by atoms with Gasteiger partial charge in [0.2, 0.25) is 5.89 Å². The number of halogens is 1. The number of rotatable bonds is 3. The molecule has 5 heteroatoms. The van der Waals surface area contributed by atoms with Crippen LogP contribution >= 0.6 is 11.6 Å². The maximum absolute atomic E-state index is 9.88. The van der Waals surface area contributed by atoms with Gasteiger partial charge in [0.25, 0.3) is 0 Å². The molecule has 0 radical (unpaired) electrons. The van der Waals surface area contributed by atoms with Gasteiger partial charge in [-0.05, 0) is 55.0 Å².